The molecular weight excluding hydrogens is 332 g/mol. The molecule has 0 heterocycles. The van der Waals surface area contributed by atoms with Gasteiger partial charge in [-0.2, -0.15) is 0 Å². The van der Waals surface area contributed by atoms with E-state index in [1.165, 1.54) is 76.3 Å². The molecule has 0 aliphatic heterocycles. The molecule has 1 N–H and O–H groups in total. The Morgan fingerprint density at radius 1 is 1.00 bits per heavy atom. The van der Waals surface area contributed by atoms with Crippen LogP contribution in [0.4, 0.5) is 0 Å². The number of hydrogen-bond acceptors (Lipinski definition) is 3. The van der Waals surface area contributed by atoms with Crippen molar-refractivity contribution in [3.63, 3.8) is 0 Å². The second kappa shape index (κ2) is 8.05. The molecule has 4 fully saturated rings. The van der Waals surface area contributed by atoms with Crippen LogP contribution in [0.25, 0.3) is 0 Å². The second-order valence-corrected chi connectivity index (χ2v) is 10.5. The number of rotatable bonds is 6. The lowest BCUT2D eigenvalue weighted by Gasteiger charge is -2.59. The smallest absolute Gasteiger partial charge is 0.129 e. The number of oxime groups is 1. The van der Waals surface area contributed by atoms with Crippen LogP contribution in [0.15, 0.2) is 5.16 Å². The minimum atomic E-state index is 0.315. The summed E-state index contributed by atoms with van der Waals surface area (Å²) in [6.07, 6.45) is 15.4. The van der Waals surface area contributed by atoms with E-state index in [0.717, 1.165) is 36.8 Å². The van der Waals surface area contributed by atoms with E-state index in [9.17, 15) is 0 Å². The van der Waals surface area contributed by atoms with Gasteiger partial charge in [0.05, 0.1) is 5.71 Å². The average molecular weight is 375 g/mol. The topological polar surface area (TPSA) is 33.6 Å². The normalized spacial score (nSPS) is 45.2. The van der Waals surface area contributed by atoms with Crippen LogP contribution in [0.5, 0.6) is 0 Å². The lowest BCUT2D eigenvalue weighted by molar-refractivity contribution is -0.0939. The molecule has 3 nitrogen and oxygen atoms in total. The van der Waals surface area contributed by atoms with Gasteiger partial charge in [0.15, 0.2) is 0 Å². The van der Waals surface area contributed by atoms with Crippen molar-refractivity contribution in [3.8, 4) is 0 Å². The Morgan fingerprint density at radius 3 is 2.74 bits per heavy atom. The average Bonchev–Trinajstić information content (AvgIpc) is 3.00. The number of nitrogens with one attached hydrogen (secondary N) is 1. The van der Waals surface area contributed by atoms with Crippen molar-refractivity contribution in [1.82, 2.24) is 5.32 Å². The Bertz CT molecular complexity index is 546. The fraction of sp³-hybridized carbons (Fsp3) is 0.958. The molecule has 0 aromatic heterocycles. The first-order valence-electron chi connectivity index (χ1n) is 12.0. The largest absolute Gasteiger partial charge is 0.394 e. The van der Waals surface area contributed by atoms with Gasteiger partial charge >= 0.3 is 0 Å². The van der Waals surface area contributed by atoms with E-state index in [-0.39, 0.29) is 0 Å². The highest BCUT2D eigenvalue weighted by Crippen LogP contribution is 2.65. The molecule has 4 saturated carbocycles. The zero-order valence-corrected chi connectivity index (χ0v) is 18.1. The van der Waals surface area contributed by atoms with Crippen molar-refractivity contribution in [2.45, 2.75) is 91.4 Å². The van der Waals surface area contributed by atoms with Gasteiger partial charge in [0, 0.05) is 12.0 Å². The SMILES string of the molecule is CCCNCCO/N=C1/CCC2C3CCC4CCCCC4(C)C3CCC12C. The van der Waals surface area contributed by atoms with Crippen LogP contribution >= 0.6 is 0 Å². The molecule has 0 radical (unpaired) electrons. The quantitative estimate of drug-likeness (QED) is 0.471. The van der Waals surface area contributed by atoms with E-state index in [1.807, 2.05) is 0 Å². The molecule has 154 valence electrons. The third-order valence-corrected chi connectivity index (χ3v) is 9.30. The summed E-state index contributed by atoms with van der Waals surface area (Å²) in [6, 6.07) is 0. The van der Waals surface area contributed by atoms with Crippen molar-refractivity contribution < 1.29 is 4.84 Å². The van der Waals surface area contributed by atoms with Crippen LogP contribution in [0.2, 0.25) is 0 Å². The van der Waals surface area contributed by atoms with Crippen molar-refractivity contribution in [2.24, 2.45) is 39.7 Å². The third-order valence-electron chi connectivity index (χ3n) is 9.30. The van der Waals surface area contributed by atoms with Crippen LogP contribution < -0.4 is 5.32 Å². The van der Waals surface area contributed by atoms with Crippen molar-refractivity contribution >= 4 is 5.71 Å². The first-order chi connectivity index (χ1) is 13.1. The molecule has 0 aromatic rings. The molecule has 0 bridgehead atoms. The Balaban J connectivity index is 1.42. The number of hydrogen-bond donors (Lipinski definition) is 1. The molecule has 0 spiro atoms. The summed E-state index contributed by atoms with van der Waals surface area (Å²) in [5.74, 6) is 3.80. The molecule has 27 heavy (non-hydrogen) atoms. The maximum absolute atomic E-state index is 5.75. The monoisotopic (exact) mass is 374 g/mol. The maximum atomic E-state index is 5.75. The Labute approximate surface area is 167 Å². The van der Waals surface area contributed by atoms with Gasteiger partial charge < -0.3 is 10.2 Å². The van der Waals surface area contributed by atoms with E-state index in [4.69, 9.17) is 9.99 Å². The van der Waals surface area contributed by atoms with Gasteiger partial charge in [-0.15, -0.1) is 0 Å². The Kier molecular flexibility index (Phi) is 5.88. The molecule has 0 amide bonds. The van der Waals surface area contributed by atoms with Crippen LogP contribution in [0.3, 0.4) is 0 Å². The van der Waals surface area contributed by atoms with Gasteiger partial charge in [-0.1, -0.05) is 38.8 Å². The lowest BCUT2D eigenvalue weighted by Crippen LogP contribution is -2.52. The Hall–Kier alpha value is -0.570. The van der Waals surface area contributed by atoms with Gasteiger partial charge in [0.25, 0.3) is 0 Å². The molecule has 6 atom stereocenters. The minimum absolute atomic E-state index is 0.315. The second-order valence-electron chi connectivity index (χ2n) is 10.5. The van der Waals surface area contributed by atoms with E-state index in [2.05, 4.69) is 26.1 Å². The van der Waals surface area contributed by atoms with E-state index < -0.39 is 0 Å². The van der Waals surface area contributed by atoms with Gasteiger partial charge in [-0.25, -0.2) is 0 Å². The molecule has 3 heteroatoms. The van der Waals surface area contributed by atoms with Gasteiger partial charge in [-0.05, 0) is 93.4 Å². The van der Waals surface area contributed by atoms with Crippen molar-refractivity contribution in [2.75, 3.05) is 19.7 Å². The van der Waals surface area contributed by atoms with E-state index >= 15 is 0 Å². The lowest BCUT2D eigenvalue weighted by atomic mass is 9.45. The van der Waals surface area contributed by atoms with E-state index in [1.54, 1.807) is 0 Å². The highest BCUT2D eigenvalue weighted by atomic mass is 16.6. The maximum Gasteiger partial charge on any atom is 0.129 e. The van der Waals surface area contributed by atoms with Gasteiger partial charge in [-0.3, -0.25) is 0 Å². The van der Waals surface area contributed by atoms with Crippen LogP contribution in [0.1, 0.15) is 91.4 Å². The van der Waals surface area contributed by atoms with Crippen molar-refractivity contribution in [3.05, 3.63) is 0 Å². The summed E-state index contributed by atoms with van der Waals surface area (Å²) < 4.78 is 0. The summed E-state index contributed by atoms with van der Waals surface area (Å²) in [5, 5.41) is 8.09. The number of nitrogens with zero attached hydrogens (tertiary/aromatic N) is 1. The van der Waals surface area contributed by atoms with Crippen LogP contribution in [-0.4, -0.2) is 25.4 Å². The summed E-state index contributed by atoms with van der Waals surface area (Å²) in [4.78, 5) is 5.75. The highest BCUT2D eigenvalue weighted by Gasteiger charge is 2.59. The molecule has 0 aromatic carbocycles. The first-order valence-corrected chi connectivity index (χ1v) is 12.0. The van der Waals surface area contributed by atoms with Crippen LogP contribution in [0, 0.1) is 34.5 Å². The first kappa shape index (κ1) is 19.7. The summed E-state index contributed by atoms with van der Waals surface area (Å²) in [7, 11) is 0. The van der Waals surface area contributed by atoms with Crippen molar-refractivity contribution in [1.29, 1.82) is 0 Å². The molecule has 4 aliphatic carbocycles. The third kappa shape index (κ3) is 3.47. The van der Waals surface area contributed by atoms with Gasteiger partial charge in [0.2, 0.25) is 0 Å². The predicted molar refractivity (Wildman–Crippen MR) is 113 cm³/mol. The van der Waals surface area contributed by atoms with Crippen LogP contribution in [-0.2, 0) is 4.84 Å². The molecule has 4 rings (SSSR count). The number of fused-ring (bicyclic) bond motifs is 5. The molecule has 0 saturated heterocycles. The minimum Gasteiger partial charge on any atom is -0.394 e. The fourth-order valence-electron chi connectivity index (χ4n) is 7.78. The summed E-state index contributed by atoms with van der Waals surface area (Å²) in [5.41, 5.74) is 2.34. The zero-order chi connectivity index (χ0) is 18.9. The standard InChI is InChI=1S/C24H42N2O/c1-4-15-25-16-17-27-26-22-11-10-20-19-9-8-18-7-5-6-13-23(18,2)21(19)12-14-24(20,22)3/h18-21,25H,4-17H2,1-3H3/b26-22-. The highest BCUT2D eigenvalue weighted by molar-refractivity contribution is 5.92. The summed E-state index contributed by atoms with van der Waals surface area (Å²) >= 11 is 0. The predicted octanol–water partition coefficient (Wildman–Crippen LogP) is 5.79. The Morgan fingerprint density at radius 2 is 1.89 bits per heavy atom. The summed E-state index contributed by atoms with van der Waals surface area (Å²) in [6.45, 7) is 10.1. The molecule has 4 aliphatic rings. The zero-order valence-electron chi connectivity index (χ0n) is 18.1. The fourth-order valence-corrected chi connectivity index (χ4v) is 7.78. The van der Waals surface area contributed by atoms with Gasteiger partial charge in [0.1, 0.15) is 6.61 Å². The molecule has 6 unspecified atom stereocenters. The molecular formula is C24H42N2O. The van der Waals surface area contributed by atoms with E-state index in [0.29, 0.717) is 17.4 Å².